The third kappa shape index (κ3) is 4.04. The number of hydrogen-bond donors (Lipinski definition) is 2. The van der Waals surface area contributed by atoms with Crippen molar-refractivity contribution in [2.24, 2.45) is 4.99 Å². The summed E-state index contributed by atoms with van der Waals surface area (Å²) < 4.78 is 25.1. The summed E-state index contributed by atoms with van der Waals surface area (Å²) in [6.45, 7) is 3.19. The van der Waals surface area contributed by atoms with Crippen molar-refractivity contribution in [3.8, 4) is 11.1 Å². The molecule has 0 saturated carbocycles. The van der Waals surface area contributed by atoms with Crippen LogP contribution in [0.2, 0.25) is 0 Å². The SMILES string of the molecule is CC(c1ccc(-c2ccccc2)c(F)c1)c1cc(CNC2=NCOCN2)on1. The van der Waals surface area contributed by atoms with Crippen molar-refractivity contribution in [1.82, 2.24) is 15.8 Å². The van der Waals surface area contributed by atoms with E-state index in [1.807, 2.05) is 55.5 Å². The fourth-order valence-corrected chi connectivity index (χ4v) is 3.06. The summed E-state index contributed by atoms with van der Waals surface area (Å²) in [6, 6.07) is 16.7. The van der Waals surface area contributed by atoms with E-state index in [2.05, 4.69) is 20.8 Å². The van der Waals surface area contributed by atoms with Gasteiger partial charge in [-0.05, 0) is 17.2 Å². The summed E-state index contributed by atoms with van der Waals surface area (Å²) in [4.78, 5) is 4.15. The first-order chi connectivity index (χ1) is 13.7. The van der Waals surface area contributed by atoms with Crippen molar-refractivity contribution in [1.29, 1.82) is 0 Å². The lowest BCUT2D eigenvalue weighted by Gasteiger charge is -2.15. The van der Waals surface area contributed by atoms with Crippen LogP contribution >= 0.6 is 0 Å². The molecular formula is C21H21FN4O2. The standard InChI is InChI=1S/C21H21FN4O2/c1-14(16-7-8-18(19(22)9-16)15-5-3-2-4-6-15)20-10-17(28-26-20)11-23-21-24-12-27-13-25-21/h2-10,14H,11-13H2,1H3,(H2,23,24,25). The third-order valence-electron chi connectivity index (χ3n) is 4.68. The average molecular weight is 380 g/mol. The molecule has 28 heavy (non-hydrogen) atoms. The number of halogens is 1. The average Bonchev–Trinajstić information content (AvgIpc) is 3.22. The molecule has 0 spiro atoms. The maximum atomic E-state index is 14.7. The third-order valence-corrected chi connectivity index (χ3v) is 4.68. The van der Waals surface area contributed by atoms with Gasteiger partial charge in [0.15, 0.2) is 11.7 Å². The Hall–Kier alpha value is -3.19. The fraction of sp³-hybridized carbons (Fsp3) is 0.238. The van der Waals surface area contributed by atoms with Crippen molar-refractivity contribution in [2.45, 2.75) is 19.4 Å². The molecule has 3 aromatic rings. The quantitative estimate of drug-likeness (QED) is 0.708. The minimum atomic E-state index is -0.246. The van der Waals surface area contributed by atoms with Gasteiger partial charge in [0, 0.05) is 17.5 Å². The van der Waals surface area contributed by atoms with E-state index in [0.717, 1.165) is 16.8 Å². The van der Waals surface area contributed by atoms with Gasteiger partial charge in [-0.3, -0.25) is 0 Å². The number of nitrogens with zero attached hydrogens (tertiary/aromatic N) is 2. The van der Waals surface area contributed by atoms with Crippen LogP contribution < -0.4 is 10.6 Å². The van der Waals surface area contributed by atoms with Crippen molar-refractivity contribution < 1.29 is 13.7 Å². The number of aliphatic imine (C=N–C) groups is 1. The molecule has 144 valence electrons. The summed E-state index contributed by atoms with van der Waals surface area (Å²) in [6.07, 6.45) is 0. The number of rotatable bonds is 5. The van der Waals surface area contributed by atoms with Crippen LogP contribution in [0.4, 0.5) is 4.39 Å². The fourth-order valence-electron chi connectivity index (χ4n) is 3.06. The van der Waals surface area contributed by atoms with E-state index in [1.165, 1.54) is 0 Å². The predicted molar refractivity (Wildman–Crippen MR) is 104 cm³/mol. The molecule has 0 amide bonds. The minimum Gasteiger partial charge on any atom is -0.359 e. The molecule has 0 bridgehead atoms. The molecule has 1 aliphatic heterocycles. The van der Waals surface area contributed by atoms with E-state index >= 15 is 0 Å². The second-order valence-electron chi connectivity index (χ2n) is 6.56. The Bertz CT molecular complexity index is 972. The molecule has 2 N–H and O–H groups in total. The highest BCUT2D eigenvalue weighted by Gasteiger charge is 2.16. The predicted octanol–water partition coefficient (Wildman–Crippen LogP) is 3.61. The van der Waals surface area contributed by atoms with Gasteiger partial charge in [0.1, 0.15) is 19.3 Å². The van der Waals surface area contributed by atoms with Crippen LogP contribution in [-0.4, -0.2) is 24.6 Å². The topological polar surface area (TPSA) is 71.7 Å². The van der Waals surface area contributed by atoms with Crippen molar-refractivity contribution >= 4 is 5.96 Å². The Labute approximate surface area is 162 Å². The number of ether oxygens (including phenoxy) is 1. The lowest BCUT2D eigenvalue weighted by atomic mass is 9.94. The zero-order chi connectivity index (χ0) is 19.3. The molecule has 0 saturated heterocycles. The Morgan fingerprint density at radius 1 is 1.18 bits per heavy atom. The molecule has 6 nitrogen and oxygen atoms in total. The van der Waals surface area contributed by atoms with Crippen LogP contribution in [-0.2, 0) is 11.3 Å². The second-order valence-corrected chi connectivity index (χ2v) is 6.56. The zero-order valence-electron chi connectivity index (χ0n) is 15.5. The first-order valence-electron chi connectivity index (χ1n) is 9.11. The maximum absolute atomic E-state index is 14.7. The monoisotopic (exact) mass is 380 g/mol. The van der Waals surface area contributed by atoms with Gasteiger partial charge in [0.05, 0.1) is 12.2 Å². The largest absolute Gasteiger partial charge is 0.359 e. The van der Waals surface area contributed by atoms with Gasteiger partial charge in [-0.2, -0.15) is 0 Å². The minimum absolute atomic E-state index is 0.0876. The lowest BCUT2D eigenvalue weighted by Crippen LogP contribution is -2.41. The molecule has 2 heterocycles. The molecule has 0 fully saturated rings. The highest BCUT2D eigenvalue weighted by molar-refractivity contribution is 5.79. The highest BCUT2D eigenvalue weighted by atomic mass is 19.1. The molecule has 1 aromatic heterocycles. The van der Waals surface area contributed by atoms with E-state index in [0.29, 0.717) is 37.3 Å². The first kappa shape index (κ1) is 18.2. The van der Waals surface area contributed by atoms with Crippen LogP contribution in [0.5, 0.6) is 0 Å². The first-order valence-corrected chi connectivity index (χ1v) is 9.11. The number of benzene rings is 2. The summed E-state index contributed by atoms with van der Waals surface area (Å²) in [5, 5.41) is 10.3. The van der Waals surface area contributed by atoms with E-state index in [4.69, 9.17) is 9.26 Å². The Balaban J connectivity index is 1.46. The Morgan fingerprint density at radius 3 is 2.79 bits per heavy atom. The van der Waals surface area contributed by atoms with Crippen LogP contribution in [0.25, 0.3) is 11.1 Å². The van der Waals surface area contributed by atoms with Gasteiger partial charge >= 0.3 is 0 Å². The van der Waals surface area contributed by atoms with Gasteiger partial charge in [0.2, 0.25) is 0 Å². The zero-order valence-corrected chi connectivity index (χ0v) is 15.5. The molecule has 2 aromatic carbocycles. The van der Waals surface area contributed by atoms with E-state index in [9.17, 15) is 4.39 Å². The van der Waals surface area contributed by atoms with Gasteiger partial charge in [-0.15, -0.1) is 0 Å². The highest BCUT2D eigenvalue weighted by Crippen LogP contribution is 2.29. The summed E-state index contributed by atoms with van der Waals surface area (Å²) in [7, 11) is 0. The molecular weight excluding hydrogens is 359 g/mol. The number of hydrogen-bond acceptors (Lipinski definition) is 6. The molecule has 0 aliphatic carbocycles. The van der Waals surface area contributed by atoms with Crippen molar-refractivity contribution in [3.63, 3.8) is 0 Å². The Morgan fingerprint density at radius 2 is 2.04 bits per heavy atom. The van der Waals surface area contributed by atoms with E-state index in [1.54, 1.807) is 6.07 Å². The van der Waals surface area contributed by atoms with Crippen LogP contribution in [0, 0.1) is 5.82 Å². The number of nitrogens with one attached hydrogen (secondary N) is 2. The van der Waals surface area contributed by atoms with Crippen molar-refractivity contribution in [3.05, 3.63) is 77.4 Å². The lowest BCUT2D eigenvalue weighted by molar-refractivity contribution is 0.124. The molecule has 0 radical (unpaired) electrons. The molecule has 1 aliphatic rings. The van der Waals surface area contributed by atoms with E-state index < -0.39 is 0 Å². The normalized spacial score (nSPS) is 14.9. The Kier molecular flexibility index (Phi) is 5.34. The second kappa shape index (κ2) is 8.22. The van der Waals surface area contributed by atoms with Crippen LogP contribution in [0.3, 0.4) is 0 Å². The maximum Gasteiger partial charge on any atom is 0.195 e. The smallest absolute Gasteiger partial charge is 0.195 e. The molecule has 7 heteroatoms. The van der Waals surface area contributed by atoms with Gasteiger partial charge < -0.3 is 19.9 Å². The summed E-state index contributed by atoms with van der Waals surface area (Å²) in [5.41, 5.74) is 3.05. The number of guanidine groups is 1. The van der Waals surface area contributed by atoms with Crippen molar-refractivity contribution in [2.75, 3.05) is 13.5 Å². The van der Waals surface area contributed by atoms with Gasteiger partial charge in [-0.25, -0.2) is 9.38 Å². The van der Waals surface area contributed by atoms with E-state index in [-0.39, 0.29) is 11.7 Å². The summed E-state index contributed by atoms with van der Waals surface area (Å²) in [5.74, 6) is 1.01. The number of aromatic nitrogens is 1. The molecule has 4 rings (SSSR count). The van der Waals surface area contributed by atoms with Crippen LogP contribution in [0.1, 0.15) is 29.9 Å². The molecule has 1 atom stereocenters. The van der Waals surface area contributed by atoms with Gasteiger partial charge in [0.25, 0.3) is 0 Å². The summed E-state index contributed by atoms with van der Waals surface area (Å²) >= 11 is 0. The van der Waals surface area contributed by atoms with Crippen LogP contribution in [0.15, 0.2) is 64.1 Å². The molecule has 1 unspecified atom stereocenters. The van der Waals surface area contributed by atoms with Gasteiger partial charge in [-0.1, -0.05) is 54.5 Å².